The van der Waals surface area contributed by atoms with E-state index in [2.05, 4.69) is 0 Å². The van der Waals surface area contributed by atoms with E-state index >= 15 is 0 Å². The summed E-state index contributed by atoms with van der Waals surface area (Å²) < 4.78 is 10.4. The minimum atomic E-state index is -0.637. The molecular weight excluding hydrogens is 326 g/mol. The van der Waals surface area contributed by atoms with Crippen molar-refractivity contribution in [1.82, 2.24) is 0 Å². The molecule has 7 nitrogen and oxygen atoms in total. The Morgan fingerprint density at radius 3 is 2.28 bits per heavy atom. The summed E-state index contributed by atoms with van der Waals surface area (Å²) in [6, 6.07) is 10.5. The zero-order valence-corrected chi connectivity index (χ0v) is 13.9. The molecular formula is C18H17NO6. The number of nitro benzene ring substituents is 1. The van der Waals surface area contributed by atoms with Crippen LogP contribution in [-0.2, 0) is 4.79 Å². The molecule has 7 heteroatoms. The van der Waals surface area contributed by atoms with Crippen LogP contribution in [0.15, 0.2) is 42.5 Å². The largest absolute Gasteiger partial charge is 0.482 e. The number of carbonyl (C=O) groups is 2. The number of esters is 1. The van der Waals surface area contributed by atoms with Crippen molar-refractivity contribution >= 4 is 17.4 Å². The Bertz CT molecular complexity index is 798. The fraction of sp³-hybridized carbons (Fsp3) is 0.222. The molecule has 130 valence electrons. The van der Waals surface area contributed by atoms with Crippen LogP contribution in [-0.4, -0.2) is 23.3 Å². The highest BCUT2D eigenvalue weighted by Crippen LogP contribution is 2.23. The molecule has 0 N–H and O–H groups in total. The van der Waals surface area contributed by atoms with Gasteiger partial charge in [0.15, 0.2) is 12.4 Å². The van der Waals surface area contributed by atoms with E-state index in [1.807, 2.05) is 0 Å². The lowest BCUT2D eigenvalue weighted by Crippen LogP contribution is -2.17. The van der Waals surface area contributed by atoms with Crippen LogP contribution < -0.4 is 9.47 Å². The second-order valence-corrected chi connectivity index (χ2v) is 5.27. The van der Waals surface area contributed by atoms with Crippen LogP contribution in [0, 0.1) is 17.0 Å². The van der Waals surface area contributed by atoms with Crippen LogP contribution in [0.25, 0.3) is 0 Å². The van der Waals surface area contributed by atoms with Gasteiger partial charge < -0.3 is 9.47 Å². The first-order valence-electron chi connectivity index (χ1n) is 7.62. The maximum atomic E-state index is 11.8. The van der Waals surface area contributed by atoms with E-state index in [4.69, 9.17) is 9.47 Å². The number of rotatable bonds is 7. The summed E-state index contributed by atoms with van der Waals surface area (Å²) in [6.07, 6.45) is 0.418. The molecule has 0 amide bonds. The van der Waals surface area contributed by atoms with Crippen molar-refractivity contribution in [3.8, 4) is 11.5 Å². The molecule has 0 unspecified atom stereocenters. The van der Waals surface area contributed by atoms with Gasteiger partial charge in [-0.05, 0) is 43.3 Å². The van der Waals surface area contributed by atoms with Gasteiger partial charge in [0.25, 0.3) is 5.69 Å². The van der Waals surface area contributed by atoms with E-state index in [9.17, 15) is 19.7 Å². The molecule has 25 heavy (non-hydrogen) atoms. The lowest BCUT2D eigenvalue weighted by atomic mass is 10.1. The minimum Gasteiger partial charge on any atom is -0.482 e. The lowest BCUT2D eigenvalue weighted by molar-refractivity contribution is -0.385. The molecule has 0 atom stereocenters. The van der Waals surface area contributed by atoms with Crippen LogP contribution >= 0.6 is 0 Å². The average Bonchev–Trinajstić information content (AvgIpc) is 2.59. The molecule has 0 aliphatic carbocycles. The Balaban J connectivity index is 1.91. The van der Waals surface area contributed by atoms with Crippen molar-refractivity contribution in [2.24, 2.45) is 0 Å². The van der Waals surface area contributed by atoms with Crippen molar-refractivity contribution in [2.75, 3.05) is 6.61 Å². The third-order valence-corrected chi connectivity index (χ3v) is 3.45. The fourth-order valence-electron chi connectivity index (χ4n) is 2.14. The summed E-state index contributed by atoms with van der Waals surface area (Å²) in [4.78, 5) is 33.6. The Morgan fingerprint density at radius 2 is 1.72 bits per heavy atom. The van der Waals surface area contributed by atoms with E-state index < -0.39 is 10.9 Å². The van der Waals surface area contributed by atoms with Crippen molar-refractivity contribution in [2.45, 2.75) is 20.3 Å². The van der Waals surface area contributed by atoms with Gasteiger partial charge in [0, 0.05) is 23.6 Å². The third-order valence-electron chi connectivity index (χ3n) is 3.45. The first kappa shape index (κ1) is 18.1. The number of hydrogen-bond donors (Lipinski definition) is 0. The maximum Gasteiger partial charge on any atom is 0.349 e. The first-order chi connectivity index (χ1) is 11.9. The van der Waals surface area contributed by atoms with E-state index in [0.717, 1.165) is 0 Å². The topological polar surface area (TPSA) is 95.7 Å². The number of hydrogen-bond acceptors (Lipinski definition) is 6. The molecule has 0 saturated carbocycles. The molecule has 2 aromatic carbocycles. The fourth-order valence-corrected chi connectivity index (χ4v) is 2.14. The number of carbonyl (C=O) groups excluding carboxylic acids is 2. The van der Waals surface area contributed by atoms with Gasteiger partial charge in [-0.15, -0.1) is 0 Å². The van der Waals surface area contributed by atoms with Gasteiger partial charge in [-0.3, -0.25) is 14.9 Å². The molecule has 0 heterocycles. The summed E-state index contributed by atoms with van der Waals surface area (Å²) in [5.41, 5.74) is 0.934. The zero-order chi connectivity index (χ0) is 18.4. The van der Waals surface area contributed by atoms with Crippen LogP contribution in [0.2, 0.25) is 0 Å². The summed E-state index contributed by atoms with van der Waals surface area (Å²) in [6.45, 7) is 3.02. The lowest BCUT2D eigenvalue weighted by Gasteiger charge is -2.08. The highest BCUT2D eigenvalue weighted by Gasteiger charge is 2.13. The van der Waals surface area contributed by atoms with Crippen LogP contribution in [0.1, 0.15) is 29.3 Å². The normalized spacial score (nSPS) is 10.2. The predicted molar refractivity (Wildman–Crippen MR) is 90.0 cm³/mol. The maximum absolute atomic E-state index is 11.8. The molecule has 0 spiro atoms. The SMILES string of the molecule is CCC(=O)c1ccc(OCC(=O)Oc2ccc([N+](=O)[O-])c(C)c2)cc1. The molecule has 0 aliphatic heterocycles. The van der Waals surface area contributed by atoms with Gasteiger partial charge >= 0.3 is 5.97 Å². The number of benzene rings is 2. The Morgan fingerprint density at radius 1 is 1.08 bits per heavy atom. The van der Waals surface area contributed by atoms with Gasteiger partial charge in [0.05, 0.1) is 4.92 Å². The van der Waals surface area contributed by atoms with Gasteiger partial charge in [0.1, 0.15) is 11.5 Å². The zero-order valence-electron chi connectivity index (χ0n) is 13.9. The summed E-state index contributed by atoms with van der Waals surface area (Å²) >= 11 is 0. The van der Waals surface area contributed by atoms with Crippen LogP contribution in [0.3, 0.4) is 0 Å². The second-order valence-electron chi connectivity index (χ2n) is 5.27. The standard InChI is InChI=1S/C18H17NO6/c1-3-17(20)13-4-6-14(7-5-13)24-11-18(21)25-15-8-9-16(19(22)23)12(2)10-15/h4-10H,3,11H2,1-2H3. The first-order valence-corrected chi connectivity index (χ1v) is 7.62. The van der Waals surface area contributed by atoms with Crippen LogP contribution in [0.4, 0.5) is 5.69 Å². The van der Waals surface area contributed by atoms with E-state index in [0.29, 0.717) is 23.3 Å². The average molecular weight is 343 g/mol. The Kier molecular flexibility index (Phi) is 5.84. The number of ketones is 1. The van der Waals surface area contributed by atoms with Gasteiger partial charge in [0.2, 0.25) is 0 Å². The van der Waals surface area contributed by atoms with Crippen molar-refractivity contribution < 1.29 is 24.0 Å². The van der Waals surface area contributed by atoms with Gasteiger partial charge in [-0.25, -0.2) is 4.79 Å². The van der Waals surface area contributed by atoms with Crippen molar-refractivity contribution in [3.05, 3.63) is 63.7 Å². The number of nitrogens with zero attached hydrogens (tertiary/aromatic N) is 1. The summed E-state index contributed by atoms with van der Waals surface area (Å²) in [5.74, 6) is 0.0338. The van der Waals surface area contributed by atoms with Gasteiger partial charge in [-0.2, -0.15) is 0 Å². The highest BCUT2D eigenvalue weighted by atomic mass is 16.6. The number of nitro groups is 1. The highest BCUT2D eigenvalue weighted by molar-refractivity contribution is 5.95. The monoisotopic (exact) mass is 343 g/mol. The van der Waals surface area contributed by atoms with Gasteiger partial charge in [-0.1, -0.05) is 6.92 Å². The smallest absolute Gasteiger partial charge is 0.349 e. The number of Topliss-reactive ketones (excluding diaryl/α,β-unsaturated/α-hetero) is 1. The Hall–Kier alpha value is -3.22. The van der Waals surface area contributed by atoms with E-state index in [1.54, 1.807) is 38.1 Å². The molecule has 0 fully saturated rings. The minimum absolute atomic E-state index is 0.0273. The quantitative estimate of drug-likeness (QED) is 0.251. The second kappa shape index (κ2) is 8.05. The molecule has 0 aliphatic rings. The number of aryl methyl sites for hydroxylation is 1. The van der Waals surface area contributed by atoms with E-state index in [-0.39, 0.29) is 23.8 Å². The molecule has 0 radical (unpaired) electrons. The molecule has 0 bridgehead atoms. The predicted octanol–water partition coefficient (Wildman–Crippen LogP) is 3.48. The Labute approximate surface area is 144 Å². The third kappa shape index (κ3) is 4.87. The summed E-state index contributed by atoms with van der Waals surface area (Å²) in [7, 11) is 0. The van der Waals surface area contributed by atoms with Crippen molar-refractivity contribution in [1.29, 1.82) is 0 Å². The van der Waals surface area contributed by atoms with Crippen LogP contribution in [0.5, 0.6) is 11.5 Å². The molecule has 2 aromatic rings. The molecule has 0 saturated heterocycles. The summed E-state index contributed by atoms with van der Waals surface area (Å²) in [5, 5.41) is 10.8. The van der Waals surface area contributed by atoms with Crippen molar-refractivity contribution in [3.63, 3.8) is 0 Å². The number of ether oxygens (including phenoxy) is 2. The van der Waals surface area contributed by atoms with E-state index in [1.165, 1.54) is 18.2 Å². The molecule has 2 rings (SSSR count). The molecule has 0 aromatic heterocycles.